The number of nitrogens with zero attached hydrogens (tertiary/aromatic N) is 5. The molecule has 2 aromatic carbocycles. The van der Waals surface area contributed by atoms with E-state index in [4.69, 9.17) is 23.2 Å². The van der Waals surface area contributed by atoms with Crippen LogP contribution < -0.4 is 9.60 Å². The van der Waals surface area contributed by atoms with Gasteiger partial charge >= 0.3 is 0 Å². The van der Waals surface area contributed by atoms with Gasteiger partial charge in [-0.3, -0.25) is 9.59 Å². The van der Waals surface area contributed by atoms with E-state index >= 15 is 0 Å². The SMILES string of the molecule is CCn1c(=NC(=O)c2cccc(C(=O)N=c3sc4cccc(Cl)c4n3CC)n2)sc2cccc(Cl)c21. The lowest BCUT2D eigenvalue weighted by Gasteiger charge is -2.02. The molecule has 0 N–H and O–H groups in total. The number of hydrogen-bond acceptors (Lipinski definition) is 5. The normalized spacial score (nSPS) is 12.7. The monoisotopic (exact) mass is 555 g/mol. The molecule has 0 spiro atoms. The maximum absolute atomic E-state index is 13.0. The Morgan fingerprint density at radius 3 is 1.58 bits per heavy atom. The Bertz CT molecular complexity index is 1670. The topological polar surface area (TPSA) is 81.6 Å². The van der Waals surface area contributed by atoms with Crippen LogP contribution in [0.4, 0.5) is 0 Å². The van der Waals surface area contributed by atoms with E-state index in [0.29, 0.717) is 32.7 Å². The van der Waals surface area contributed by atoms with Crippen LogP contribution in [0, 0.1) is 0 Å². The van der Waals surface area contributed by atoms with Crippen LogP contribution in [-0.2, 0) is 13.1 Å². The van der Waals surface area contributed by atoms with Crippen molar-refractivity contribution in [2.45, 2.75) is 26.9 Å². The van der Waals surface area contributed by atoms with Crippen molar-refractivity contribution in [2.24, 2.45) is 9.98 Å². The van der Waals surface area contributed by atoms with Crippen LogP contribution in [0.1, 0.15) is 34.8 Å². The number of thiazole rings is 2. The highest BCUT2D eigenvalue weighted by molar-refractivity contribution is 7.16. The molecule has 0 aliphatic heterocycles. The van der Waals surface area contributed by atoms with Crippen LogP contribution in [0.3, 0.4) is 0 Å². The van der Waals surface area contributed by atoms with Gasteiger partial charge in [-0.15, -0.1) is 0 Å². The minimum Gasteiger partial charge on any atom is -0.315 e. The number of hydrogen-bond donors (Lipinski definition) is 0. The van der Waals surface area contributed by atoms with Crippen molar-refractivity contribution >= 4 is 78.1 Å². The summed E-state index contributed by atoms with van der Waals surface area (Å²) in [5.41, 5.74) is 1.79. The second-order valence-electron chi connectivity index (χ2n) is 7.67. The highest BCUT2D eigenvalue weighted by Crippen LogP contribution is 2.26. The number of benzene rings is 2. The number of halogens is 2. The molecule has 7 nitrogen and oxygen atoms in total. The Morgan fingerprint density at radius 1 is 0.750 bits per heavy atom. The van der Waals surface area contributed by atoms with E-state index in [2.05, 4.69) is 15.0 Å². The van der Waals surface area contributed by atoms with E-state index in [-0.39, 0.29) is 11.4 Å². The van der Waals surface area contributed by atoms with Crippen molar-refractivity contribution in [1.29, 1.82) is 0 Å². The van der Waals surface area contributed by atoms with Crippen molar-refractivity contribution in [3.8, 4) is 0 Å². The fourth-order valence-electron chi connectivity index (χ4n) is 3.89. The predicted molar refractivity (Wildman–Crippen MR) is 145 cm³/mol. The molecule has 5 aromatic rings. The summed E-state index contributed by atoms with van der Waals surface area (Å²) in [7, 11) is 0. The van der Waals surface area contributed by atoms with Gasteiger partial charge in [-0.2, -0.15) is 9.98 Å². The van der Waals surface area contributed by atoms with Crippen LogP contribution in [-0.4, -0.2) is 25.9 Å². The molecule has 0 radical (unpaired) electrons. The van der Waals surface area contributed by atoms with Crippen molar-refractivity contribution in [3.05, 3.63) is 85.6 Å². The summed E-state index contributed by atoms with van der Waals surface area (Å²) in [6.07, 6.45) is 0. The molecule has 2 amide bonds. The average molecular weight is 557 g/mol. The van der Waals surface area contributed by atoms with Gasteiger partial charge in [0.2, 0.25) is 0 Å². The van der Waals surface area contributed by atoms with Gasteiger partial charge in [0.1, 0.15) is 11.4 Å². The van der Waals surface area contributed by atoms with Crippen LogP contribution in [0.5, 0.6) is 0 Å². The zero-order valence-electron chi connectivity index (χ0n) is 19.2. The van der Waals surface area contributed by atoms with Crippen LogP contribution in [0.25, 0.3) is 20.4 Å². The molecule has 3 aromatic heterocycles. The van der Waals surface area contributed by atoms with Crippen molar-refractivity contribution in [3.63, 3.8) is 0 Å². The average Bonchev–Trinajstić information content (AvgIpc) is 3.42. The summed E-state index contributed by atoms with van der Waals surface area (Å²) in [4.78, 5) is 39.9. The highest BCUT2D eigenvalue weighted by Gasteiger charge is 2.15. The number of aromatic nitrogens is 3. The van der Waals surface area contributed by atoms with E-state index in [1.54, 1.807) is 18.2 Å². The largest absolute Gasteiger partial charge is 0.315 e. The second kappa shape index (κ2) is 10.1. The third kappa shape index (κ3) is 4.43. The van der Waals surface area contributed by atoms with E-state index in [1.165, 1.54) is 34.8 Å². The fourth-order valence-corrected chi connectivity index (χ4v) is 6.80. The molecule has 0 bridgehead atoms. The van der Waals surface area contributed by atoms with E-state index in [1.807, 2.05) is 47.2 Å². The summed E-state index contributed by atoms with van der Waals surface area (Å²) in [6, 6.07) is 15.9. The molecule has 182 valence electrons. The second-order valence-corrected chi connectivity index (χ2v) is 10.5. The molecular formula is C25H19Cl2N5O2S2. The number of fused-ring (bicyclic) bond motifs is 2. The van der Waals surface area contributed by atoms with Crippen molar-refractivity contribution < 1.29 is 9.59 Å². The first-order valence-electron chi connectivity index (χ1n) is 11.1. The molecule has 11 heteroatoms. The van der Waals surface area contributed by atoms with E-state index in [0.717, 1.165) is 20.4 Å². The van der Waals surface area contributed by atoms with E-state index in [9.17, 15) is 9.59 Å². The first-order valence-corrected chi connectivity index (χ1v) is 13.5. The number of rotatable bonds is 4. The Hall–Kier alpha value is -3.11. The molecule has 0 saturated carbocycles. The Morgan fingerprint density at radius 2 is 1.17 bits per heavy atom. The molecule has 0 unspecified atom stereocenters. The molecule has 36 heavy (non-hydrogen) atoms. The minimum atomic E-state index is -0.549. The van der Waals surface area contributed by atoms with Crippen LogP contribution in [0.15, 0.2) is 64.6 Å². The fraction of sp³-hybridized carbons (Fsp3) is 0.160. The summed E-state index contributed by atoms with van der Waals surface area (Å²) in [6.45, 7) is 5.11. The number of aryl methyl sites for hydroxylation is 2. The van der Waals surface area contributed by atoms with Crippen molar-refractivity contribution in [2.75, 3.05) is 0 Å². The molecule has 5 rings (SSSR count). The molecule has 0 atom stereocenters. The smallest absolute Gasteiger partial charge is 0.298 e. The Kier molecular flexibility index (Phi) is 6.90. The van der Waals surface area contributed by atoms with Crippen LogP contribution >= 0.6 is 45.9 Å². The lowest BCUT2D eigenvalue weighted by atomic mass is 10.3. The van der Waals surface area contributed by atoms with Gasteiger partial charge < -0.3 is 9.13 Å². The molecular weight excluding hydrogens is 537 g/mol. The van der Waals surface area contributed by atoms with Crippen molar-refractivity contribution in [1.82, 2.24) is 14.1 Å². The maximum atomic E-state index is 13.0. The Labute approximate surface area is 223 Å². The number of amides is 2. The highest BCUT2D eigenvalue weighted by atomic mass is 35.5. The zero-order valence-corrected chi connectivity index (χ0v) is 22.4. The zero-order chi connectivity index (χ0) is 25.4. The van der Waals surface area contributed by atoms with Gasteiger partial charge in [-0.1, -0.05) is 64.1 Å². The van der Waals surface area contributed by atoms with Gasteiger partial charge in [0.25, 0.3) is 11.8 Å². The number of carbonyl (C=O) groups excluding carboxylic acids is 2. The predicted octanol–water partition coefficient (Wildman–Crippen LogP) is 5.94. The van der Waals surface area contributed by atoms with Gasteiger partial charge in [-0.05, 0) is 50.2 Å². The first kappa shape index (κ1) is 24.6. The quantitative estimate of drug-likeness (QED) is 0.275. The lowest BCUT2D eigenvalue weighted by molar-refractivity contribution is 0.0989. The summed E-state index contributed by atoms with van der Waals surface area (Å²) in [5, 5.41) is 1.19. The summed E-state index contributed by atoms with van der Waals surface area (Å²) >= 11 is 15.5. The molecule has 0 aliphatic carbocycles. The van der Waals surface area contributed by atoms with Gasteiger partial charge in [0.05, 0.1) is 30.5 Å². The summed E-state index contributed by atoms with van der Waals surface area (Å²) in [5.74, 6) is -1.10. The third-order valence-electron chi connectivity index (χ3n) is 5.52. The maximum Gasteiger partial charge on any atom is 0.298 e. The molecule has 0 aliphatic rings. The summed E-state index contributed by atoms with van der Waals surface area (Å²) < 4.78 is 5.64. The van der Waals surface area contributed by atoms with Gasteiger partial charge in [-0.25, -0.2) is 4.98 Å². The third-order valence-corrected chi connectivity index (χ3v) is 8.22. The minimum absolute atomic E-state index is 0.0602. The van der Waals surface area contributed by atoms with E-state index < -0.39 is 11.8 Å². The Balaban J connectivity index is 1.53. The molecule has 3 heterocycles. The van der Waals surface area contributed by atoms with Crippen LogP contribution in [0.2, 0.25) is 10.0 Å². The first-order chi connectivity index (χ1) is 17.4. The standard InChI is InChI=1S/C25H19Cl2N5O2S2/c1-3-31-20-14(26)8-5-12-18(20)35-24(31)29-22(33)16-10-7-11-17(28-16)23(34)30-25-32(4-2)21-15(27)9-6-13-19(21)36-25/h5-13H,3-4H2,1-2H3. The van der Waals surface area contributed by atoms with Gasteiger partial charge in [0, 0.05) is 13.1 Å². The number of carbonyl (C=O) groups is 2. The lowest BCUT2D eigenvalue weighted by Crippen LogP contribution is -2.18. The van der Waals surface area contributed by atoms with Gasteiger partial charge in [0.15, 0.2) is 9.60 Å². The number of pyridine rings is 1. The molecule has 0 saturated heterocycles. The molecule has 0 fully saturated rings. The number of para-hydroxylation sites is 2.